The zero-order valence-corrected chi connectivity index (χ0v) is 9.88. The number of hydrogen-bond donors (Lipinski definition) is 0. The van der Waals surface area contributed by atoms with Crippen molar-refractivity contribution < 1.29 is 9.13 Å². The summed E-state index contributed by atoms with van der Waals surface area (Å²) in [5.74, 6) is -0.0986. The lowest BCUT2D eigenvalue weighted by molar-refractivity contribution is 0.412. The van der Waals surface area contributed by atoms with Crippen LogP contribution < -0.4 is 4.74 Å². The van der Waals surface area contributed by atoms with Crippen molar-refractivity contribution in [3.05, 3.63) is 33.6 Å². The molecule has 80 valence electrons. The summed E-state index contributed by atoms with van der Waals surface area (Å²) in [5.41, 5.74) is 0.237. The van der Waals surface area contributed by atoms with Gasteiger partial charge in [0.15, 0.2) is 0 Å². The molecule has 5 heteroatoms. The average Bonchev–Trinajstić information content (AvgIpc) is 2.29. The highest BCUT2D eigenvalue weighted by atomic mass is 79.9. The first-order valence-corrected chi connectivity index (χ1v) is 4.96. The fourth-order valence-corrected chi connectivity index (χ4v) is 1.40. The van der Waals surface area contributed by atoms with E-state index in [2.05, 4.69) is 15.9 Å². The number of ether oxygens (including phenoxy) is 1. The van der Waals surface area contributed by atoms with Crippen molar-refractivity contribution in [1.82, 2.24) is 0 Å². The Hall–Kier alpha value is -1.85. The molecule has 3 nitrogen and oxygen atoms in total. The molecule has 1 aromatic carbocycles. The number of allylic oxidation sites excluding steroid dienone is 1. The first-order chi connectivity index (χ1) is 7.62. The van der Waals surface area contributed by atoms with Gasteiger partial charge in [-0.05, 0) is 34.1 Å². The molecule has 0 fully saturated rings. The summed E-state index contributed by atoms with van der Waals surface area (Å²) in [5, 5.41) is 17.2. The molecule has 0 atom stereocenters. The van der Waals surface area contributed by atoms with E-state index in [4.69, 9.17) is 15.3 Å². The summed E-state index contributed by atoms with van der Waals surface area (Å²) in [6.45, 7) is 0. The zero-order chi connectivity index (χ0) is 12.1. The standard InChI is InChI=1S/C11H6BrFN2O/c1-16-11-4-9(12)10(13)3-8(11)2-7(5-14)6-15/h2-4H,1H3. The highest BCUT2D eigenvalue weighted by Gasteiger charge is 2.08. The van der Waals surface area contributed by atoms with Crippen LogP contribution in [-0.2, 0) is 0 Å². The van der Waals surface area contributed by atoms with Crippen LogP contribution in [0, 0.1) is 28.5 Å². The van der Waals surface area contributed by atoms with Gasteiger partial charge in [0, 0.05) is 5.56 Å². The van der Waals surface area contributed by atoms with Crippen LogP contribution >= 0.6 is 15.9 Å². The van der Waals surface area contributed by atoms with Crippen LogP contribution in [0.2, 0.25) is 0 Å². The molecule has 0 aliphatic carbocycles. The van der Waals surface area contributed by atoms with Crippen molar-refractivity contribution in [2.24, 2.45) is 0 Å². The summed E-state index contributed by atoms with van der Waals surface area (Å²) in [6.07, 6.45) is 1.27. The molecule has 0 spiro atoms. The molecule has 0 unspecified atom stereocenters. The van der Waals surface area contributed by atoms with Crippen molar-refractivity contribution in [2.45, 2.75) is 0 Å². The number of nitrogens with zero attached hydrogens (tertiary/aromatic N) is 2. The first-order valence-electron chi connectivity index (χ1n) is 4.17. The topological polar surface area (TPSA) is 56.8 Å². The van der Waals surface area contributed by atoms with Crippen molar-refractivity contribution in [1.29, 1.82) is 10.5 Å². The highest BCUT2D eigenvalue weighted by Crippen LogP contribution is 2.28. The molecule has 0 radical (unpaired) electrons. The minimum absolute atomic E-state index is 0.111. The van der Waals surface area contributed by atoms with Crippen LogP contribution in [0.1, 0.15) is 5.56 Å². The Bertz CT molecular complexity index is 510. The van der Waals surface area contributed by atoms with Crippen LogP contribution in [0.5, 0.6) is 5.75 Å². The van der Waals surface area contributed by atoms with Gasteiger partial charge in [-0.15, -0.1) is 0 Å². The maximum Gasteiger partial charge on any atom is 0.138 e. The Balaban J connectivity index is 3.35. The number of rotatable bonds is 2. The van der Waals surface area contributed by atoms with Gasteiger partial charge in [0.2, 0.25) is 0 Å². The van der Waals surface area contributed by atoms with E-state index in [1.54, 1.807) is 12.1 Å². The molecule has 1 rings (SSSR count). The van der Waals surface area contributed by atoms with Crippen LogP contribution in [0.4, 0.5) is 4.39 Å². The highest BCUT2D eigenvalue weighted by molar-refractivity contribution is 9.10. The van der Waals surface area contributed by atoms with Crippen LogP contribution in [-0.4, -0.2) is 7.11 Å². The van der Waals surface area contributed by atoms with Crippen molar-refractivity contribution in [2.75, 3.05) is 7.11 Å². The molecule has 0 amide bonds. The first kappa shape index (κ1) is 12.2. The van der Waals surface area contributed by atoms with Crippen molar-refractivity contribution >= 4 is 22.0 Å². The molecule has 0 saturated heterocycles. The van der Waals surface area contributed by atoms with Crippen LogP contribution in [0.3, 0.4) is 0 Å². The summed E-state index contributed by atoms with van der Waals surface area (Å²) < 4.78 is 18.5. The molecule has 0 N–H and O–H groups in total. The van der Waals surface area contributed by atoms with E-state index in [9.17, 15) is 4.39 Å². The largest absolute Gasteiger partial charge is 0.496 e. The maximum absolute atomic E-state index is 13.3. The molecule has 0 aliphatic heterocycles. The monoisotopic (exact) mass is 280 g/mol. The van der Waals surface area contributed by atoms with E-state index in [0.29, 0.717) is 11.3 Å². The molecule has 0 bridgehead atoms. The number of benzene rings is 1. The summed E-state index contributed by atoms with van der Waals surface area (Å²) in [4.78, 5) is 0. The van der Waals surface area contributed by atoms with Gasteiger partial charge in [-0.25, -0.2) is 4.39 Å². The Labute approximate surface area is 100 Å². The van der Waals surface area contributed by atoms with Gasteiger partial charge in [0.05, 0.1) is 11.6 Å². The van der Waals surface area contributed by atoms with Gasteiger partial charge >= 0.3 is 0 Å². The fraction of sp³-hybridized carbons (Fsp3) is 0.0909. The van der Waals surface area contributed by atoms with Gasteiger partial charge in [0.1, 0.15) is 29.3 Å². The maximum atomic E-state index is 13.3. The lowest BCUT2D eigenvalue weighted by Gasteiger charge is -2.06. The average molecular weight is 281 g/mol. The summed E-state index contributed by atoms with van der Waals surface area (Å²) in [7, 11) is 1.43. The molecular weight excluding hydrogens is 275 g/mol. The summed E-state index contributed by atoms with van der Waals surface area (Å²) in [6, 6.07) is 6.02. The van der Waals surface area contributed by atoms with Crippen molar-refractivity contribution in [3.63, 3.8) is 0 Å². The SMILES string of the molecule is COc1cc(Br)c(F)cc1C=C(C#N)C#N. The summed E-state index contributed by atoms with van der Waals surface area (Å²) >= 11 is 3.02. The third-order valence-corrected chi connectivity index (χ3v) is 2.42. The fourth-order valence-electron chi connectivity index (χ4n) is 1.08. The van der Waals surface area contributed by atoms with Crippen LogP contribution in [0.15, 0.2) is 22.2 Å². The minimum Gasteiger partial charge on any atom is -0.496 e. The third kappa shape index (κ3) is 2.59. The molecule has 0 saturated carbocycles. The number of halogens is 2. The number of methoxy groups -OCH3 is 1. The molecule has 0 aromatic heterocycles. The molecule has 1 aromatic rings. The molecular formula is C11H6BrFN2O. The Morgan fingerprint density at radius 3 is 2.56 bits per heavy atom. The molecule has 0 aliphatic rings. The Kier molecular flexibility index (Phi) is 4.04. The normalized spacial score (nSPS) is 8.81. The third-order valence-electron chi connectivity index (χ3n) is 1.81. The number of hydrogen-bond acceptors (Lipinski definition) is 3. The second kappa shape index (κ2) is 5.29. The molecule has 16 heavy (non-hydrogen) atoms. The predicted octanol–water partition coefficient (Wildman–Crippen LogP) is 3.03. The minimum atomic E-state index is -0.484. The predicted molar refractivity (Wildman–Crippen MR) is 59.9 cm³/mol. The van der Waals surface area contributed by atoms with Crippen molar-refractivity contribution in [3.8, 4) is 17.9 Å². The quantitative estimate of drug-likeness (QED) is 0.783. The van der Waals surface area contributed by atoms with Gasteiger partial charge in [0.25, 0.3) is 0 Å². The molecule has 0 heterocycles. The van der Waals surface area contributed by atoms with E-state index < -0.39 is 5.82 Å². The van der Waals surface area contributed by atoms with Gasteiger partial charge in [-0.2, -0.15) is 10.5 Å². The van der Waals surface area contributed by atoms with Gasteiger partial charge in [-0.1, -0.05) is 0 Å². The second-order valence-corrected chi connectivity index (χ2v) is 3.64. The smallest absolute Gasteiger partial charge is 0.138 e. The van der Waals surface area contributed by atoms with E-state index in [1.807, 2.05) is 0 Å². The van der Waals surface area contributed by atoms with Crippen LogP contribution in [0.25, 0.3) is 6.08 Å². The lowest BCUT2D eigenvalue weighted by atomic mass is 10.1. The lowest BCUT2D eigenvalue weighted by Crippen LogP contribution is -1.90. The van der Waals surface area contributed by atoms with Gasteiger partial charge in [-0.3, -0.25) is 0 Å². The van der Waals surface area contributed by atoms with Gasteiger partial charge < -0.3 is 4.74 Å². The number of nitriles is 2. The van der Waals surface area contributed by atoms with E-state index in [1.165, 1.54) is 25.3 Å². The van der Waals surface area contributed by atoms with E-state index in [-0.39, 0.29) is 10.0 Å². The van der Waals surface area contributed by atoms with E-state index >= 15 is 0 Å². The zero-order valence-electron chi connectivity index (χ0n) is 8.29. The Morgan fingerprint density at radius 1 is 1.44 bits per heavy atom. The van der Waals surface area contributed by atoms with E-state index in [0.717, 1.165) is 0 Å². The second-order valence-electron chi connectivity index (χ2n) is 2.79. The Morgan fingerprint density at radius 2 is 2.06 bits per heavy atom.